The average Bonchev–Trinajstić information content (AvgIpc) is 2.53. The Morgan fingerprint density at radius 2 is 2.18 bits per heavy atom. The van der Waals surface area contributed by atoms with Gasteiger partial charge in [-0.2, -0.15) is 0 Å². The van der Waals surface area contributed by atoms with Crippen molar-refractivity contribution in [3.05, 3.63) is 53.4 Å². The van der Waals surface area contributed by atoms with Gasteiger partial charge in [0.05, 0.1) is 16.8 Å². The predicted octanol–water partition coefficient (Wildman–Crippen LogP) is 2.69. The van der Waals surface area contributed by atoms with Gasteiger partial charge in [-0.1, -0.05) is 18.2 Å². The van der Waals surface area contributed by atoms with Crippen LogP contribution in [0.25, 0.3) is 10.9 Å². The zero-order valence-electron chi connectivity index (χ0n) is 12.1. The van der Waals surface area contributed by atoms with Crippen LogP contribution in [-0.2, 0) is 6.42 Å². The highest BCUT2D eigenvalue weighted by Crippen LogP contribution is 2.23. The van der Waals surface area contributed by atoms with Crippen LogP contribution in [-0.4, -0.2) is 33.2 Å². The second-order valence-electron chi connectivity index (χ2n) is 4.61. The molecule has 0 radical (unpaired) electrons. The fourth-order valence-corrected chi connectivity index (χ4v) is 2.27. The molecule has 1 aromatic carbocycles. The zero-order chi connectivity index (χ0) is 15.9. The Morgan fingerprint density at radius 3 is 2.86 bits per heavy atom. The van der Waals surface area contributed by atoms with E-state index in [1.165, 1.54) is 18.0 Å². The molecule has 114 valence electrons. The summed E-state index contributed by atoms with van der Waals surface area (Å²) in [5.41, 5.74) is 4.19. The monoisotopic (exact) mass is 315 g/mol. The van der Waals surface area contributed by atoms with E-state index >= 15 is 0 Å². The van der Waals surface area contributed by atoms with Gasteiger partial charge in [-0.25, -0.2) is 4.98 Å². The van der Waals surface area contributed by atoms with Crippen molar-refractivity contribution < 1.29 is 10.2 Å². The third-order valence-corrected chi connectivity index (χ3v) is 3.41. The minimum absolute atomic E-state index is 0.200. The largest absolute Gasteiger partial charge is 0.363 e. The number of thioether (sulfide) groups is 1. The minimum atomic E-state index is -1.62. The van der Waals surface area contributed by atoms with Gasteiger partial charge in [0, 0.05) is 24.2 Å². The first kappa shape index (κ1) is 16.4. The molecule has 0 saturated carbocycles. The number of aliphatic hydroxyl groups is 2. The van der Waals surface area contributed by atoms with Gasteiger partial charge in [0.15, 0.2) is 6.29 Å². The van der Waals surface area contributed by atoms with Gasteiger partial charge in [-0.15, -0.1) is 11.8 Å². The molecule has 1 aromatic heterocycles. The molecule has 2 aromatic rings. The van der Waals surface area contributed by atoms with Crippen LogP contribution >= 0.6 is 11.8 Å². The zero-order valence-corrected chi connectivity index (χ0v) is 12.9. The van der Waals surface area contributed by atoms with E-state index in [4.69, 9.17) is 5.41 Å². The first-order valence-electron chi connectivity index (χ1n) is 6.64. The Bertz CT molecular complexity index is 726. The average molecular weight is 315 g/mol. The van der Waals surface area contributed by atoms with Gasteiger partial charge in [0.25, 0.3) is 0 Å². The van der Waals surface area contributed by atoms with Crippen molar-refractivity contribution in [2.24, 2.45) is 4.99 Å². The van der Waals surface area contributed by atoms with Crippen LogP contribution < -0.4 is 0 Å². The fourth-order valence-electron chi connectivity index (χ4n) is 2.09. The van der Waals surface area contributed by atoms with E-state index in [1.54, 1.807) is 17.8 Å². The Labute approximate surface area is 132 Å². The van der Waals surface area contributed by atoms with Crippen molar-refractivity contribution in [3.8, 4) is 0 Å². The van der Waals surface area contributed by atoms with E-state index in [0.29, 0.717) is 11.9 Å². The fraction of sp³-hybridized carbons (Fsp3) is 0.188. The number of hydrogen-bond donors (Lipinski definition) is 3. The Balaban J connectivity index is 2.46. The number of nitrogens with one attached hydrogen (secondary N) is 1. The molecule has 0 spiro atoms. The molecular weight excluding hydrogens is 298 g/mol. The van der Waals surface area contributed by atoms with Crippen molar-refractivity contribution in [1.29, 1.82) is 5.41 Å². The third kappa shape index (κ3) is 4.00. The first-order chi connectivity index (χ1) is 10.7. The number of aliphatic hydroxyl groups excluding tert-OH is 1. The van der Waals surface area contributed by atoms with Crippen LogP contribution in [0.15, 0.2) is 47.1 Å². The van der Waals surface area contributed by atoms with Crippen molar-refractivity contribution in [2.45, 2.75) is 12.7 Å². The second kappa shape index (κ2) is 7.84. The molecule has 3 N–H and O–H groups in total. The molecule has 0 atom stereocenters. The van der Waals surface area contributed by atoms with Crippen molar-refractivity contribution >= 4 is 34.4 Å². The highest BCUT2D eigenvalue weighted by Gasteiger charge is 2.11. The predicted molar refractivity (Wildman–Crippen MR) is 91.5 cm³/mol. The summed E-state index contributed by atoms with van der Waals surface area (Å²) < 4.78 is 0. The summed E-state index contributed by atoms with van der Waals surface area (Å²) in [6, 6.07) is 9.16. The molecule has 22 heavy (non-hydrogen) atoms. The summed E-state index contributed by atoms with van der Waals surface area (Å²) in [5.74, 6) is 0. The number of allylic oxidation sites excluding steroid dienone is 1. The number of hydrogen-bond acceptors (Lipinski definition) is 6. The van der Waals surface area contributed by atoms with E-state index in [-0.39, 0.29) is 5.69 Å². The lowest BCUT2D eigenvalue weighted by molar-refractivity contribution is -0.0456. The molecule has 0 fully saturated rings. The normalized spacial score (nSPS) is 12.5. The van der Waals surface area contributed by atoms with E-state index in [0.717, 1.165) is 16.5 Å². The SMILES string of the molecule is CSC=N/C=C(\C=N)Cc1cc(C(O)O)nc2ccccc12. The maximum absolute atomic E-state index is 9.38. The van der Waals surface area contributed by atoms with Crippen molar-refractivity contribution in [3.63, 3.8) is 0 Å². The van der Waals surface area contributed by atoms with Crippen LogP contribution in [0.3, 0.4) is 0 Å². The van der Waals surface area contributed by atoms with E-state index in [2.05, 4.69) is 9.98 Å². The van der Waals surface area contributed by atoms with Gasteiger partial charge in [0.2, 0.25) is 0 Å². The lowest BCUT2D eigenvalue weighted by Gasteiger charge is -2.10. The van der Waals surface area contributed by atoms with E-state index in [1.807, 2.05) is 30.5 Å². The molecule has 5 nitrogen and oxygen atoms in total. The van der Waals surface area contributed by atoms with Gasteiger partial charge >= 0.3 is 0 Å². The summed E-state index contributed by atoms with van der Waals surface area (Å²) in [4.78, 5) is 8.34. The molecule has 0 aliphatic carbocycles. The number of aliphatic imine (C=N–C) groups is 1. The number of pyridine rings is 1. The van der Waals surface area contributed by atoms with E-state index < -0.39 is 6.29 Å². The smallest absolute Gasteiger partial charge is 0.196 e. The number of para-hydroxylation sites is 1. The maximum atomic E-state index is 9.38. The lowest BCUT2D eigenvalue weighted by Crippen LogP contribution is -2.02. The number of fused-ring (bicyclic) bond motifs is 1. The molecule has 0 amide bonds. The molecule has 0 bridgehead atoms. The van der Waals surface area contributed by atoms with Crippen molar-refractivity contribution in [2.75, 3.05) is 6.26 Å². The summed E-state index contributed by atoms with van der Waals surface area (Å²) in [5, 5.41) is 27.2. The number of nitrogens with zero attached hydrogens (tertiary/aromatic N) is 2. The Hall–Kier alpha value is -2.02. The van der Waals surface area contributed by atoms with Crippen LogP contribution in [0.1, 0.15) is 17.5 Å². The quantitative estimate of drug-likeness (QED) is 0.434. The van der Waals surface area contributed by atoms with Crippen LogP contribution in [0.2, 0.25) is 0 Å². The topological polar surface area (TPSA) is 89.6 Å². The number of benzene rings is 1. The lowest BCUT2D eigenvalue weighted by atomic mass is 10.0. The van der Waals surface area contributed by atoms with Crippen LogP contribution in [0.5, 0.6) is 0 Å². The minimum Gasteiger partial charge on any atom is -0.363 e. The summed E-state index contributed by atoms with van der Waals surface area (Å²) in [6.45, 7) is 0. The van der Waals surface area contributed by atoms with Gasteiger partial charge in [-0.05, 0) is 29.5 Å². The summed E-state index contributed by atoms with van der Waals surface area (Å²) >= 11 is 1.48. The first-order valence-corrected chi connectivity index (χ1v) is 7.93. The summed E-state index contributed by atoms with van der Waals surface area (Å²) in [6.07, 6.45) is 3.64. The van der Waals surface area contributed by atoms with Crippen molar-refractivity contribution in [1.82, 2.24) is 4.98 Å². The summed E-state index contributed by atoms with van der Waals surface area (Å²) in [7, 11) is 0. The molecule has 1 heterocycles. The standard InChI is InChI=1S/C16H17N3O2S/c1-22-10-18-9-11(8-17)6-12-7-15(16(20)21)19-14-5-3-2-4-13(12)14/h2-5,7-10,16-17,20-21H,6H2,1H3/b11-9-,17-8?,18-10?. The molecular formula is C16H17N3O2S. The van der Waals surface area contributed by atoms with Crippen LogP contribution in [0, 0.1) is 5.41 Å². The number of rotatable bonds is 6. The van der Waals surface area contributed by atoms with Crippen LogP contribution in [0.4, 0.5) is 0 Å². The molecule has 2 rings (SSSR count). The van der Waals surface area contributed by atoms with Gasteiger partial charge < -0.3 is 15.6 Å². The van der Waals surface area contributed by atoms with Gasteiger partial charge in [-0.3, -0.25) is 4.99 Å². The Kier molecular flexibility index (Phi) is 5.83. The second-order valence-corrected chi connectivity index (χ2v) is 5.29. The Morgan fingerprint density at radius 1 is 1.41 bits per heavy atom. The number of aromatic nitrogens is 1. The third-order valence-electron chi connectivity index (χ3n) is 3.07. The maximum Gasteiger partial charge on any atom is 0.196 e. The molecule has 0 unspecified atom stereocenters. The molecule has 0 saturated heterocycles. The van der Waals surface area contributed by atoms with E-state index in [9.17, 15) is 10.2 Å². The highest BCUT2D eigenvalue weighted by atomic mass is 32.2. The molecule has 0 aliphatic heterocycles. The van der Waals surface area contributed by atoms with Gasteiger partial charge in [0.1, 0.15) is 0 Å². The highest BCUT2D eigenvalue weighted by molar-refractivity contribution is 8.11. The molecule has 6 heteroatoms. The molecule has 0 aliphatic rings.